The van der Waals surface area contributed by atoms with Gasteiger partial charge in [-0.05, 0) is 0 Å². The molecule has 1 heteroatoms. The SMILES string of the molecule is CCCC[At]. The first-order valence-electron chi connectivity index (χ1n) is 1.97. The van der Waals surface area contributed by atoms with Crippen LogP contribution in [0.4, 0.5) is 0 Å². The monoisotopic (exact) mass is 267 g/mol. The van der Waals surface area contributed by atoms with Crippen LogP contribution in [0, 0.1) is 24.7 Å². The second-order valence-corrected chi connectivity index (χ2v) is 2.51. The Hall–Kier alpha value is 0.883. The second kappa shape index (κ2) is 4.88. The van der Waals surface area contributed by atoms with Gasteiger partial charge in [-0.15, -0.1) is 0 Å². The molecule has 0 aliphatic carbocycles. The first kappa shape index (κ1) is 5.88. The van der Waals surface area contributed by atoms with Crippen molar-refractivity contribution in [2.75, 3.05) is 0 Å². The zero-order valence-corrected chi connectivity index (χ0v) is 6.44. The third kappa shape index (κ3) is 4.88. The Morgan fingerprint density at radius 3 is 2.20 bits per heavy atom. The summed E-state index contributed by atoms with van der Waals surface area (Å²) in [5.41, 5.74) is 0. The molecule has 0 aromatic carbocycles. The molecule has 0 saturated carbocycles. The molecule has 0 aliphatic rings. The van der Waals surface area contributed by atoms with E-state index in [4.69, 9.17) is 0 Å². The normalized spacial score (nSPS) is 8.40. The van der Waals surface area contributed by atoms with Gasteiger partial charge in [0.15, 0.2) is 0 Å². The van der Waals surface area contributed by atoms with E-state index in [1.165, 1.54) is 17.0 Å². The summed E-state index contributed by atoms with van der Waals surface area (Å²) >= 11 is 1.89. The molecule has 0 radical (unpaired) electrons. The predicted molar refractivity (Wildman–Crippen MR) is 19.7 cm³/mol. The number of hydrogen-bond acceptors (Lipinski definition) is 0. The molecule has 0 amide bonds. The first-order valence-corrected chi connectivity index (χ1v) is 4.05. The molecule has 32 valence electrons. The summed E-state index contributed by atoms with van der Waals surface area (Å²) < 4.78 is 1.40. The minimum absolute atomic E-state index is 1.36. The van der Waals surface area contributed by atoms with Crippen LogP contribution in [0.2, 0.25) is 4.13 Å². The zero-order chi connectivity index (χ0) is 4.12. The van der Waals surface area contributed by atoms with Crippen LogP contribution in [0.1, 0.15) is 19.8 Å². The molecule has 0 saturated heterocycles. The summed E-state index contributed by atoms with van der Waals surface area (Å²) in [4.78, 5) is 0. The molecule has 0 nitrogen and oxygen atoms in total. The van der Waals surface area contributed by atoms with Gasteiger partial charge in [-0.1, -0.05) is 0 Å². The van der Waals surface area contributed by atoms with Crippen molar-refractivity contribution in [2.24, 2.45) is 0 Å². The molecular weight excluding hydrogens is 258 g/mol. The van der Waals surface area contributed by atoms with E-state index in [1.54, 1.807) is 0 Å². The number of rotatable bonds is 2. The van der Waals surface area contributed by atoms with Crippen molar-refractivity contribution < 1.29 is 24.7 Å². The van der Waals surface area contributed by atoms with E-state index < -0.39 is 0 Å². The molecule has 0 fully saturated rings. The van der Waals surface area contributed by atoms with Gasteiger partial charge >= 0.3 is 48.6 Å². The summed E-state index contributed by atoms with van der Waals surface area (Å²) in [5, 5.41) is 0. The van der Waals surface area contributed by atoms with Crippen molar-refractivity contribution in [3.05, 3.63) is 0 Å². The summed E-state index contributed by atoms with van der Waals surface area (Å²) in [6.07, 6.45) is 2.77. The summed E-state index contributed by atoms with van der Waals surface area (Å²) in [7, 11) is 0. The van der Waals surface area contributed by atoms with Gasteiger partial charge in [-0.2, -0.15) is 0 Å². The standard InChI is InChI=1S/C4H9At/c1-2-3-4-5/h2-4H2,1H3. The van der Waals surface area contributed by atoms with Crippen molar-refractivity contribution in [3.8, 4) is 0 Å². The third-order valence-electron chi connectivity index (χ3n) is 0.487. The van der Waals surface area contributed by atoms with E-state index in [0.29, 0.717) is 0 Å². The van der Waals surface area contributed by atoms with Gasteiger partial charge in [0.25, 0.3) is 0 Å². The van der Waals surface area contributed by atoms with Gasteiger partial charge in [0.1, 0.15) is 0 Å². The summed E-state index contributed by atoms with van der Waals surface area (Å²) in [6.45, 7) is 2.22. The fraction of sp³-hybridized carbons (Fsp3) is 1.00. The maximum atomic E-state index is 2.22. The molecule has 0 aromatic rings. The van der Waals surface area contributed by atoms with Crippen molar-refractivity contribution in [1.29, 1.82) is 0 Å². The predicted octanol–water partition coefficient (Wildman–Crippen LogP) is 1.75. The van der Waals surface area contributed by atoms with E-state index in [1.807, 2.05) is 24.7 Å². The minimum atomic E-state index is 1.36. The van der Waals surface area contributed by atoms with Gasteiger partial charge in [-0.25, -0.2) is 0 Å². The van der Waals surface area contributed by atoms with E-state index in [9.17, 15) is 0 Å². The molecule has 0 aromatic heterocycles. The molecular formula is C4H9At. The van der Waals surface area contributed by atoms with E-state index in [2.05, 4.69) is 6.92 Å². The number of unbranched alkanes of at least 4 members (excludes halogenated alkanes) is 1. The van der Waals surface area contributed by atoms with E-state index >= 15 is 0 Å². The first-order chi connectivity index (χ1) is 2.41. The Labute approximate surface area is 48.8 Å². The Morgan fingerprint density at radius 1 is 1.60 bits per heavy atom. The molecule has 0 heterocycles. The van der Waals surface area contributed by atoms with Crippen LogP contribution in [0.25, 0.3) is 0 Å². The van der Waals surface area contributed by atoms with Crippen LogP contribution in [0.5, 0.6) is 0 Å². The number of hydrogen-bond donors (Lipinski definition) is 0. The van der Waals surface area contributed by atoms with Crippen molar-refractivity contribution in [3.63, 3.8) is 0 Å². The van der Waals surface area contributed by atoms with Crippen molar-refractivity contribution >= 4 is 0 Å². The molecule has 0 aliphatic heterocycles. The van der Waals surface area contributed by atoms with Gasteiger partial charge in [0, 0.05) is 0 Å². The van der Waals surface area contributed by atoms with Gasteiger partial charge in [-0.3, -0.25) is 0 Å². The van der Waals surface area contributed by atoms with Crippen LogP contribution in [-0.2, 0) is 0 Å². The van der Waals surface area contributed by atoms with Crippen LogP contribution in [0.15, 0.2) is 0 Å². The fourth-order valence-electron chi connectivity index (χ4n) is 0.134. The van der Waals surface area contributed by atoms with Crippen LogP contribution < -0.4 is 0 Å². The molecule has 0 atom stereocenters. The summed E-state index contributed by atoms with van der Waals surface area (Å²) in [5.74, 6) is 0. The van der Waals surface area contributed by atoms with Gasteiger partial charge < -0.3 is 0 Å². The Bertz CT molecular complexity index is 11.1. The topological polar surface area (TPSA) is 0 Å². The third-order valence-corrected chi connectivity index (χ3v) is 1.53. The maximum absolute atomic E-state index is 2.22. The average molecular weight is 267 g/mol. The van der Waals surface area contributed by atoms with E-state index in [-0.39, 0.29) is 0 Å². The van der Waals surface area contributed by atoms with E-state index in [0.717, 1.165) is 0 Å². The molecule has 0 spiro atoms. The molecule has 0 N–H and O–H groups in total. The van der Waals surface area contributed by atoms with Gasteiger partial charge in [0.2, 0.25) is 0 Å². The molecule has 0 unspecified atom stereocenters. The molecule has 5 heavy (non-hydrogen) atoms. The molecule has 0 rings (SSSR count). The van der Waals surface area contributed by atoms with Crippen LogP contribution >= 0.6 is 0 Å². The van der Waals surface area contributed by atoms with Crippen molar-refractivity contribution in [1.82, 2.24) is 0 Å². The van der Waals surface area contributed by atoms with Crippen LogP contribution in [-0.4, -0.2) is 0 Å². The average Bonchev–Trinajstić information content (AvgIpc) is 1.41. The fourth-order valence-corrected chi connectivity index (χ4v) is 1.17. The Kier molecular flexibility index (Phi) is 5.75. The van der Waals surface area contributed by atoms with Crippen molar-refractivity contribution in [2.45, 2.75) is 23.9 Å². The quantitative estimate of drug-likeness (QED) is 0.715. The second-order valence-electron chi connectivity index (χ2n) is 1.04. The summed E-state index contributed by atoms with van der Waals surface area (Å²) in [6, 6.07) is 0. The van der Waals surface area contributed by atoms with Gasteiger partial charge in [0.05, 0.1) is 0 Å². The Balaban J connectivity index is 2.19. The molecule has 0 bridgehead atoms. The van der Waals surface area contributed by atoms with Crippen LogP contribution in [0.3, 0.4) is 0 Å². The zero-order valence-electron chi connectivity index (χ0n) is 3.50. The Morgan fingerprint density at radius 2 is 2.20 bits per heavy atom.